The van der Waals surface area contributed by atoms with Crippen LogP contribution in [0.15, 0.2) is 12.2 Å². The van der Waals surface area contributed by atoms with Gasteiger partial charge < -0.3 is 20.2 Å². The molecule has 29 heavy (non-hydrogen) atoms. The van der Waals surface area contributed by atoms with E-state index in [9.17, 15) is 14.5 Å². The van der Waals surface area contributed by atoms with Crippen LogP contribution in [0.5, 0.6) is 0 Å². The number of hydrogen-bond acceptors (Lipinski definition) is 4. The van der Waals surface area contributed by atoms with E-state index in [-0.39, 0.29) is 12.5 Å². The van der Waals surface area contributed by atoms with Gasteiger partial charge in [-0.25, -0.2) is 4.57 Å². The van der Waals surface area contributed by atoms with Crippen molar-refractivity contribution in [3.8, 4) is 0 Å². The van der Waals surface area contributed by atoms with E-state index in [1.54, 1.807) is 0 Å². The number of unbranched alkanes of at least 4 members (excludes halogenated alkanes) is 11. The van der Waals surface area contributed by atoms with Gasteiger partial charge in [0.25, 0.3) is 0 Å². The molecule has 0 heterocycles. The van der Waals surface area contributed by atoms with Crippen molar-refractivity contribution in [2.45, 2.75) is 103 Å². The van der Waals surface area contributed by atoms with E-state index in [2.05, 4.69) is 28.9 Å². The first-order valence-corrected chi connectivity index (χ1v) is 12.7. The number of aliphatic hydroxyl groups is 1. The summed E-state index contributed by atoms with van der Waals surface area (Å²) < 4.78 is 14.7. The largest absolute Gasteiger partial charge is 0.469 e. The van der Waals surface area contributed by atoms with Crippen LogP contribution in [0.1, 0.15) is 96.8 Å². The normalized spacial score (nSPS) is 13.1. The Bertz CT molecular complexity index is 466. The first kappa shape index (κ1) is 28.3. The van der Waals surface area contributed by atoms with Crippen molar-refractivity contribution < 1.29 is 28.8 Å². The molecule has 1 amide bonds. The molecule has 0 aromatic heterocycles. The van der Waals surface area contributed by atoms with Crippen molar-refractivity contribution in [2.24, 2.45) is 0 Å². The van der Waals surface area contributed by atoms with Crippen molar-refractivity contribution in [3.63, 3.8) is 0 Å². The fourth-order valence-corrected chi connectivity index (χ4v) is 3.28. The summed E-state index contributed by atoms with van der Waals surface area (Å²) in [5.41, 5.74) is 0. The second-order valence-corrected chi connectivity index (χ2v) is 8.82. The summed E-state index contributed by atoms with van der Waals surface area (Å²) in [5.74, 6) is -0.169. The Labute approximate surface area is 176 Å². The Kier molecular flexibility index (Phi) is 18.8. The SMILES string of the molecule is CCCCCCCCC=CCCCCCCCC(=O)NC[C@H](O)COP(=O)(O)O. The summed E-state index contributed by atoms with van der Waals surface area (Å²) in [5, 5.41) is 12.0. The Hall–Kier alpha value is -0.720. The van der Waals surface area contributed by atoms with Crippen LogP contribution >= 0.6 is 7.82 Å². The van der Waals surface area contributed by atoms with Gasteiger partial charge in [0.2, 0.25) is 5.91 Å². The Morgan fingerprint density at radius 3 is 2.00 bits per heavy atom. The Morgan fingerprint density at radius 1 is 0.931 bits per heavy atom. The topological polar surface area (TPSA) is 116 Å². The van der Waals surface area contributed by atoms with Crippen LogP contribution < -0.4 is 5.32 Å². The summed E-state index contributed by atoms with van der Waals surface area (Å²) in [6.45, 7) is 1.65. The van der Waals surface area contributed by atoms with E-state index in [0.717, 1.165) is 25.7 Å². The zero-order valence-electron chi connectivity index (χ0n) is 18.1. The van der Waals surface area contributed by atoms with Gasteiger partial charge in [0.05, 0.1) is 12.7 Å². The third kappa shape index (κ3) is 23.4. The van der Waals surface area contributed by atoms with E-state index in [1.165, 1.54) is 57.8 Å². The standard InChI is InChI=1S/C21H42NO6P/c1-2-3-4-5-6-7-8-9-10-11-12-13-14-15-16-17-21(24)22-18-20(23)19-28-29(25,26)27/h9-10,20,23H,2-8,11-19H2,1H3,(H,22,24)(H2,25,26,27)/t20-/m0/s1. The number of hydrogen-bond donors (Lipinski definition) is 4. The summed E-state index contributed by atoms with van der Waals surface area (Å²) in [7, 11) is -4.59. The molecule has 0 aromatic carbocycles. The minimum atomic E-state index is -4.59. The molecule has 0 saturated heterocycles. The molecule has 1 atom stereocenters. The highest BCUT2D eigenvalue weighted by Gasteiger charge is 2.17. The van der Waals surface area contributed by atoms with Crippen LogP contribution in [0.4, 0.5) is 0 Å². The van der Waals surface area contributed by atoms with E-state index < -0.39 is 20.5 Å². The smallest absolute Gasteiger partial charge is 0.389 e. The van der Waals surface area contributed by atoms with Gasteiger partial charge in [-0.3, -0.25) is 9.32 Å². The molecule has 0 aliphatic rings. The summed E-state index contributed by atoms with van der Waals surface area (Å²) in [4.78, 5) is 28.7. The van der Waals surface area contributed by atoms with Gasteiger partial charge in [0, 0.05) is 13.0 Å². The third-order valence-electron chi connectivity index (χ3n) is 4.64. The van der Waals surface area contributed by atoms with Crippen LogP contribution in [0.2, 0.25) is 0 Å². The summed E-state index contributed by atoms with van der Waals surface area (Å²) >= 11 is 0. The minimum absolute atomic E-state index is 0.0795. The molecule has 0 aliphatic carbocycles. The molecule has 0 fully saturated rings. The Balaban J connectivity index is 3.38. The van der Waals surface area contributed by atoms with Gasteiger partial charge in [-0.05, 0) is 32.1 Å². The Morgan fingerprint density at radius 2 is 1.45 bits per heavy atom. The van der Waals surface area contributed by atoms with Crippen LogP contribution in [-0.2, 0) is 13.9 Å². The molecule has 0 radical (unpaired) electrons. The molecular weight excluding hydrogens is 393 g/mol. The summed E-state index contributed by atoms with van der Waals surface area (Å²) in [6.07, 6.45) is 19.5. The lowest BCUT2D eigenvalue weighted by Gasteiger charge is -2.12. The fourth-order valence-electron chi connectivity index (χ4n) is 2.92. The maximum absolute atomic E-state index is 11.7. The predicted molar refractivity (Wildman–Crippen MR) is 116 cm³/mol. The van der Waals surface area contributed by atoms with Crippen molar-refractivity contribution in [3.05, 3.63) is 12.2 Å². The molecule has 7 nitrogen and oxygen atoms in total. The number of amides is 1. The highest BCUT2D eigenvalue weighted by atomic mass is 31.2. The fraction of sp³-hybridized carbons (Fsp3) is 0.857. The maximum Gasteiger partial charge on any atom is 0.469 e. The highest BCUT2D eigenvalue weighted by Crippen LogP contribution is 2.35. The highest BCUT2D eigenvalue weighted by molar-refractivity contribution is 7.46. The van der Waals surface area contributed by atoms with E-state index >= 15 is 0 Å². The number of nitrogens with one attached hydrogen (secondary N) is 1. The van der Waals surface area contributed by atoms with Crippen molar-refractivity contribution >= 4 is 13.7 Å². The number of carbonyl (C=O) groups is 1. The van der Waals surface area contributed by atoms with Gasteiger partial charge in [0.15, 0.2) is 0 Å². The van der Waals surface area contributed by atoms with Gasteiger partial charge >= 0.3 is 7.82 Å². The van der Waals surface area contributed by atoms with Crippen LogP contribution in [0.3, 0.4) is 0 Å². The molecule has 8 heteroatoms. The van der Waals surface area contributed by atoms with Gasteiger partial charge in [-0.1, -0.05) is 70.4 Å². The number of carbonyl (C=O) groups excluding carboxylic acids is 1. The van der Waals surface area contributed by atoms with Crippen molar-refractivity contribution in [1.29, 1.82) is 0 Å². The van der Waals surface area contributed by atoms with Crippen LogP contribution in [-0.4, -0.2) is 40.1 Å². The molecule has 0 rings (SSSR count). The molecule has 172 valence electrons. The number of rotatable bonds is 20. The van der Waals surface area contributed by atoms with Crippen molar-refractivity contribution in [1.82, 2.24) is 5.32 Å². The van der Waals surface area contributed by atoms with Gasteiger partial charge in [0.1, 0.15) is 0 Å². The third-order valence-corrected chi connectivity index (χ3v) is 5.12. The number of allylic oxidation sites excluding steroid dienone is 2. The average molecular weight is 436 g/mol. The first-order valence-electron chi connectivity index (χ1n) is 11.1. The lowest BCUT2D eigenvalue weighted by Crippen LogP contribution is -2.34. The second kappa shape index (κ2) is 19.3. The van der Waals surface area contributed by atoms with Gasteiger partial charge in [-0.15, -0.1) is 0 Å². The maximum atomic E-state index is 11.7. The molecule has 4 N–H and O–H groups in total. The second-order valence-electron chi connectivity index (χ2n) is 7.58. The number of phosphoric ester groups is 1. The quantitative estimate of drug-likeness (QED) is 0.126. The van der Waals surface area contributed by atoms with Gasteiger partial charge in [-0.2, -0.15) is 0 Å². The minimum Gasteiger partial charge on any atom is -0.389 e. The number of aliphatic hydroxyl groups excluding tert-OH is 1. The van der Waals surface area contributed by atoms with Crippen LogP contribution in [0.25, 0.3) is 0 Å². The average Bonchev–Trinajstić information content (AvgIpc) is 2.67. The zero-order valence-corrected chi connectivity index (χ0v) is 19.0. The monoisotopic (exact) mass is 435 g/mol. The first-order chi connectivity index (χ1) is 13.8. The molecule has 0 bridgehead atoms. The lowest BCUT2D eigenvalue weighted by molar-refractivity contribution is -0.121. The zero-order chi connectivity index (χ0) is 21.8. The molecule has 0 aliphatic heterocycles. The molecular formula is C21H42NO6P. The summed E-state index contributed by atoms with van der Waals surface area (Å²) in [6, 6.07) is 0. The molecule has 0 saturated carbocycles. The van der Waals surface area contributed by atoms with Crippen molar-refractivity contribution in [2.75, 3.05) is 13.2 Å². The van der Waals surface area contributed by atoms with E-state index in [0.29, 0.717) is 6.42 Å². The predicted octanol–water partition coefficient (Wildman–Crippen LogP) is 4.61. The lowest BCUT2D eigenvalue weighted by atomic mass is 10.1. The van der Waals surface area contributed by atoms with E-state index in [1.807, 2.05) is 0 Å². The molecule has 0 unspecified atom stereocenters. The number of phosphoric acid groups is 1. The molecule has 0 aromatic rings. The molecule has 0 spiro atoms. The van der Waals surface area contributed by atoms with E-state index in [4.69, 9.17) is 9.79 Å². The van der Waals surface area contributed by atoms with Crippen LogP contribution in [0, 0.1) is 0 Å².